The smallest absolute Gasteiger partial charge is 0.0701 e. The Morgan fingerprint density at radius 1 is 0.950 bits per heavy atom. The minimum atomic E-state index is -0.307. The second kappa shape index (κ2) is 9.88. The first kappa shape index (κ1) is 17.1. The maximum atomic E-state index is 6.47. The fraction of sp³-hybridized carbons (Fsp3) is 0.625. The summed E-state index contributed by atoms with van der Waals surface area (Å²) >= 11 is 0. The van der Waals surface area contributed by atoms with Crippen molar-refractivity contribution in [3.05, 3.63) is 35.9 Å². The molecule has 0 amide bonds. The van der Waals surface area contributed by atoms with Gasteiger partial charge in [-0.15, -0.1) is 0 Å². The van der Waals surface area contributed by atoms with Crippen molar-refractivity contribution in [2.45, 2.75) is 25.3 Å². The fourth-order valence-electron chi connectivity index (χ4n) is 2.01. The van der Waals surface area contributed by atoms with Crippen molar-refractivity contribution in [1.82, 2.24) is 0 Å². The molecule has 2 N–H and O–H groups in total. The highest BCUT2D eigenvalue weighted by atomic mass is 16.5. The van der Waals surface area contributed by atoms with Crippen LogP contribution < -0.4 is 5.73 Å². The molecule has 20 heavy (non-hydrogen) atoms. The van der Waals surface area contributed by atoms with Crippen LogP contribution in [0.5, 0.6) is 0 Å². The molecule has 1 aromatic rings. The summed E-state index contributed by atoms with van der Waals surface area (Å²) in [5, 5.41) is 0. The van der Waals surface area contributed by atoms with Crippen molar-refractivity contribution in [3.63, 3.8) is 0 Å². The zero-order chi connectivity index (χ0) is 14.7. The van der Waals surface area contributed by atoms with E-state index in [-0.39, 0.29) is 5.54 Å². The van der Waals surface area contributed by atoms with Gasteiger partial charge in [0, 0.05) is 19.3 Å². The van der Waals surface area contributed by atoms with Crippen LogP contribution in [0.25, 0.3) is 0 Å². The number of nitrogens with two attached hydrogens (primary N) is 1. The molecule has 0 aliphatic carbocycles. The SMILES string of the molecule is CCC(N)(CCOCCOCCOC)c1ccccc1. The summed E-state index contributed by atoms with van der Waals surface area (Å²) in [4.78, 5) is 0. The molecule has 4 nitrogen and oxygen atoms in total. The molecular weight excluding hydrogens is 254 g/mol. The van der Waals surface area contributed by atoms with E-state index in [1.54, 1.807) is 7.11 Å². The predicted molar refractivity (Wildman–Crippen MR) is 80.7 cm³/mol. The van der Waals surface area contributed by atoms with Crippen LogP contribution in [0.1, 0.15) is 25.3 Å². The van der Waals surface area contributed by atoms with Crippen LogP contribution in [0.4, 0.5) is 0 Å². The molecule has 0 aromatic heterocycles. The first-order valence-corrected chi connectivity index (χ1v) is 7.22. The predicted octanol–water partition coefficient (Wildman–Crippen LogP) is 2.32. The van der Waals surface area contributed by atoms with Gasteiger partial charge in [0.1, 0.15) is 0 Å². The van der Waals surface area contributed by atoms with Crippen molar-refractivity contribution in [2.24, 2.45) is 5.73 Å². The molecule has 0 aliphatic rings. The normalized spacial score (nSPS) is 14.2. The van der Waals surface area contributed by atoms with Gasteiger partial charge in [-0.25, -0.2) is 0 Å². The van der Waals surface area contributed by atoms with E-state index in [0.29, 0.717) is 33.0 Å². The number of ether oxygens (including phenoxy) is 3. The van der Waals surface area contributed by atoms with Gasteiger partial charge in [-0.3, -0.25) is 0 Å². The quantitative estimate of drug-likeness (QED) is 0.632. The van der Waals surface area contributed by atoms with Crippen LogP contribution in [0.3, 0.4) is 0 Å². The van der Waals surface area contributed by atoms with Crippen LogP contribution in [0.2, 0.25) is 0 Å². The van der Waals surface area contributed by atoms with E-state index in [9.17, 15) is 0 Å². The Kier molecular flexibility index (Phi) is 8.46. The number of hydrogen-bond donors (Lipinski definition) is 1. The molecule has 0 radical (unpaired) electrons. The van der Waals surface area contributed by atoms with Crippen molar-refractivity contribution >= 4 is 0 Å². The van der Waals surface area contributed by atoms with Gasteiger partial charge in [-0.2, -0.15) is 0 Å². The van der Waals surface area contributed by atoms with Crippen molar-refractivity contribution in [3.8, 4) is 0 Å². The Balaban J connectivity index is 2.22. The lowest BCUT2D eigenvalue weighted by molar-refractivity contribution is 0.0204. The first-order chi connectivity index (χ1) is 9.73. The second-order valence-electron chi connectivity index (χ2n) is 4.84. The summed E-state index contributed by atoms with van der Waals surface area (Å²) in [5.74, 6) is 0. The topological polar surface area (TPSA) is 53.7 Å². The van der Waals surface area contributed by atoms with Crippen molar-refractivity contribution in [1.29, 1.82) is 0 Å². The highest BCUT2D eigenvalue weighted by Crippen LogP contribution is 2.25. The minimum Gasteiger partial charge on any atom is -0.382 e. The van der Waals surface area contributed by atoms with E-state index in [2.05, 4.69) is 19.1 Å². The Morgan fingerprint density at radius 3 is 2.15 bits per heavy atom. The molecule has 0 heterocycles. The average molecular weight is 281 g/mol. The third kappa shape index (κ3) is 6.01. The molecule has 1 aromatic carbocycles. The molecule has 1 rings (SSSR count). The monoisotopic (exact) mass is 281 g/mol. The van der Waals surface area contributed by atoms with E-state index >= 15 is 0 Å². The summed E-state index contributed by atoms with van der Waals surface area (Å²) in [6.45, 7) is 5.18. The zero-order valence-corrected chi connectivity index (χ0v) is 12.6. The molecule has 0 aliphatic heterocycles. The lowest BCUT2D eigenvalue weighted by Crippen LogP contribution is -2.37. The minimum absolute atomic E-state index is 0.307. The Hall–Kier alpha value is -0.940. The van der Waals surface area contributed by atoms with Gasteiger partial charge in [-0.05, 0) is 18.4 Å². The standard InChI is InChI=1S/C16H27NO3/c1-3-16(17,15-7-5-4-6-8-15)9-10-19-13-14-20-12-11-18-2/h4-8H,3,9-14,17H2,1-2H3. The maximum absolute atomic E-state index is 6.47. The zero-order valence-electron chi connectivity index (χ0n) is 12.6. The third-order valence-electron chi connectivity index (χ3n) is 3.48. The molecule has 0 saturated heterocycles. The van der Waals surface area contributed by atoms with Crippen LogP contribution in [0, 0.1) is 0 Å². The van der Waals surface area contributed by atoms with Crippen molar-refractivity contribution < 1.29 is 14.2 Å². The summed E-state index contributed by atoms with van der Waals surface area (Å²) in [5.41, 5.74) is 7.33. The fourth-order valence-corrected chi connectivity index (χ4v) is 2.01. The largest absolute Gasteiger partial charge is 0.382 e. The molecule has 0 fully saturated rings. The third-order valence-corrected chi connectivity index (χ3v) is 3.48. The molecule has 1 unspecified atom stereocenters. The van der Waals surface area contributed by atoms with Gasteiger partial charge < -0.3 is 19.9 Å². The number of hydrogen-bond acceptors (Lipinski definition) is 4. The van der Waals surface area contributed by atoms with Crippen LogP contribution >= 0.6 is 0 Å². The van der Waals surface area contributed by atoms with Gasteiger partial charge in [0.2, 0.25) is 0 Å². The summed E-state index contributed by atoms with van der Waals surface area (Å²) in [6, 6.07) is 10.2. The molecular formula is C16H27NO3. The van der Waals surface area contributed by atoms with E-state index < -0.39 is 0 Å². The van der Waals surface area contributed by atoms with E-state index in [4.69, 9.17) is 19.9 Å². The summed E-state index contributed by atoms with van der Waals surface area (Å²) < 4.78 is 15.8. The van der Waals surface area contributed by atoms with Crippen LogP contribution in [0.15, 0.2) is 30.3 Å². The van der Waals surface area contributed by atoms with E-state index in [1.807, 2.05) is 18.2 Å². The van der Waals surface area contributed by atoms with Gasteiger partial charge in [-0.1, -0.05) is 37.3 Å². The molecule has 1 atom stereocenters. The van der Waals surface area contributed by atoms with Gasteiger partial charge in [0.15, 0.2) is 0 Å². The Morgan fingerprint density at radius 2 is 1.55 bits per heavy atom. The second-order valence-corrected chi connectivity index (χ2v) is 4.84. The highest BCUT2D eigenvalue weighted by Gasteiger charge is 2.24. The molecule has 0 saturated carbocycles. The van der Waals surface area contributed by atoms with Crippen LogP contribution in [-0.4, -0.2) is 40.1 Å². The highest BCUT2D eigenvalue weighted by molar-refractivity contribution is 5.23. The Bertz CT molecular complexity index is 345. The molecule has 0 bridgehead atoms. The van der Waals surface area contributed by atoms with Crippen molar-refractivity contribution in [2.75, 3.05) is 40.1 Å². The Labute approximate surface area is 122 Å². The van der Waals surface area contributed by atoms with Gasteiger partial charge >= 0.3 is 0 Å². The van der Waals surface area contributed by atoms with E-state index in [1.165, 1.54) is 5.56 Å². The number of benzene rings is 1. The van der Waals surface area contributed by atoms with E-state index in [0.717, 1.165) is 12.8 Å². The molecule has 114 valence electrons. The average Bonchev–Trinajstić information content (AvgIpc) is 2.50. The number of methoxy groups -OCH3 is 1. The van der Waals surface area contributed by atoms with Crippen LogP contribution in [-0.2, 0) is 19.7 Å². The molecule has 4 heteroatoms. The lowest BCUT2D eigenvalue weighted by atomic mass is 9.85. The lowest BCUT2D eigenvalue weighted by Gasteiger charge is -2.28. The van der Waals surface area contributed by atoms with Gasteiger partial charge in [0.25, 0.3) is 0 Å². The summed E-state index contributed by atoms with van der Waals surface area (Å²) in [7, 11) is 1.66. The van der Waals surface area contributed by atoms with Gasteiger partial charge in [0.05, 0.1) is 26.4 Å². The first-order valence-electron chi connectivity index (χ1n) is 7.22. The number of rotatable bonds is 11. The maximum Gasteiger partial charge on any atom is 0.0701 e. The molecule has 0 spiro atoms. The summed E-state index contributed by atoms with van der Waals surface area (Å²) in [6.07, 6.45) is 1.70.